The number of hydrogen-bond donors (Lipinski definition) is 0. The van der Waals surface area contributed by atoms with Gasteiger partial charge in [0.25, 0.3) is 0 Å². The van der Waals surface area contributed by atoms with E-state index in [0.29, 0.717) is 10.7 Å². The molecule has 0 spiro atoms. The van der Waals surface area contributed by atoms with Crippen molar-refractivity contribution in [3.05, 3.63) is 29.0 Å². The van der Waals surface area contributed by atoms with Gasteiger partial charge in [0.05, 0.1) is 0 Å². The van der Waals surface area contributed by atoms with E-state index in [0.717, 1.165) is 6.42 Å². The van der Waals surface area contributed by atoms with Crippen LogP contribution in [0.5, 0.6) is 0 Å². The van der Waals surface area contributed by atoms with Crippen molar-refractivity contribution < 1.29 is 0 Å². The number of hydrogen-bond acceptors (Lipinski definition) is 2. The number of halogens is 1. The lowest BCUT2D eigenvalue weighted by molar-refractivity contribution is 0.182. The Morgan fingerprint density at radius 2 is 2.00 bits per heavy atom. The molecule has 92 valence electrons. The fourth-order valence-electron chi connectivity index (χ4n) is 3.56. The first-order valence-corrected chi connectivity index (χ1v) is 7.02. The van der Waals surface area contributed by atoms with Crippen LogP contribution in [0.1, 0.15) is 37.7 Å². The van der Waals surface area contributed by atoms with Crippen LogP contribution in [0.3, 0.4) is 0 Å². The second-order valence-corrected chi connectivity index (χ2v) is 5.79. The van der Waals surface area contributed by atoms with E-state index >= 15 is 0 Å². The average Bonchev–Trinajstić information content (AvgIpc) is 2.87. The lowest BCUT2D eigenvalue weighted by Gasteiger charge is -2.32. The molecule has 2 aliphatic rings. The van der Waals surface area contributed by atoms with Gasteiger partial charge in [0, 0.05) is 11.7 Å². The summed E-state index contributed by atoms with van der Waals surface area (Å²) in [6.45, 7) is 2.64. The molecular weight excluding hydrogens is 232 g/mol. The SMILES string of the molecule is Clc1ccc(CCC23CCCN2CCC3)cn1. The van der Waals surface area contributed by atoms with Gasteiger partial charge in [0.1, 0.15) is 5.15 Å². The van der Waals surface area contributed by atoms with Gasteiger partial charge in [-0.1, -0.05) is 17.7 Å². The Kier molecular flexibility index (Phi) is 3.10. The zero-order valence-corrected chi connectivity index (χ0v) is 10.9. The summed E-state index contributed by atoms with van der Waals surface area (Å²) >= 11 is 5.81. The molecule has 0 aliphatic carbocycles. The molecule has 1 aromatic rings. The molecule has 3 rings (SSSR count). The molecular formula is C14H19ClN2. The van der Waals surface area contributed by atoms with Crippen LogP contribution >= 0.6 is 11.6 Å². The van der Waals surface area contributed by atoms with Gasteiger partial charge in [-0.25, -0.2) is 4.98 Å². The molecule has 0 radical (unpaired) electrons. The lowest BCUT2D eigenvalue weighted by Crippen LogP contribution is -2.38. The number of aromatic nitrogens is 1. The average molecular weight is 251 g/mol. The van der Waals surface area contributed by atoms with Crippen molar-refractivity contribution in [1.29, 1.82) is 0 Å². The van der Waals surface area contributed by atoms with E-state index in [1.54, 1.807) is 0 Å². The lowest BCUT2D eigenvalue weighted by atomic mass is 9.87. The van der Waals surface area contributed by atoms with Crippen molar-refractivity contribution in [2.75, 3.05) is 13.1 Å². The van der Waals surface area contributed by atoms with E-state index in [4.69, 9.17) is 11.6 Å². The first-order chi connectivity index (χ1) is 8.28. The van der Waals surface area contributed by atoms with Gasteiger partial charge in [0.15, 0.2) is 0 Å². The molecule has 3 heteroatoms. The van der Waals surface area contributed by atoms with Gasteiger partial charge in [-0.3, -0.25) is 4.90 Å². The number of nitrogens with zero attached hydrogens (tertiary/aromatic N) is 2. The van der Waals surface area contributed by atoms with Gasteiger partial charge in [-0.05, 0) is 63.2 Å². The van der Waals surface area contributed by atoms with Crippen LogP contribution in [0.15, 0.2) is 18.3 Å². The number of fused-ring (bicyclic) bond motifs is 1. The summed E-state index contributed by atoms with van der Waals surface area (Å²) in [5.74, 6) is 0. The Bertz CT molecular complexity index is 378. The van der Waals surface area contributed by atoms with E-state index in [9.17, 15) is 0 Å². The quantitative estimate of drug-likeness (QED) is 0.766. The minimum absolute atomic E-state index is 0.527. The standard InChI is InChI=1S/C14H19ClN2/c15-13-4-3-12(11-16-13)5-8-14-6-1-9-17(14)10-2-7-14/h3-4,11H,1-2,5-10H2. The monoisotopic (exact) mass is 250 g/mol. The molecule has 1 aromatic heterocycles. The molecule has 3 heterocycles. The highest BCUT2D eigenvalue weighted by molar-refractivity contribution is 6.29. The van der Waals surface area contributed by atoms with Gasteiger partial charge in [-0.2, -0.15) is 0 Å². The number of pyridine rings is 1. The highest BCUT2D eigenvalue weighted by Crippen LogP contribution is 2.41. The van der Waals surface area contributed by atoms with E-state index in [1.807, 2.05) is 12.3 Å². The van der Waals surface area contributed by atoms with Crippen molar-refractivity contribution in [2.45, 2.75) is 44.1 Å². The van der Waals surface area contributed by atoms with Crippen LogP contribution in [0.25, 0.3) is 0 Å². The van der Waals surface area contributed by atoms with Crippen molar-refractivity contribution >= 4 is 11.6 Å². The van der Waals surface area contributed by atoms with Crippen molar-refractivity contribution in [1.82, 2.24) is 9.88 Å². The fourth-order valence-corrected chi connectivity index (χ4v) is 3.68. The normalized spacial score (nSPS) is 22.9. The Labute approximate surface area is 108 Å². The largest absolute Gasteiger partial charge is 0.298 e. The molecule has 2 saturated heterocycles. The Morgan fingerprint density at radius 3 is 2.65 bits per heavy atom. The number of rotatable bonds is 3. The van der Waals surface area contributed by atoms with Crippen LogP contribution in [0.2, 0.25) is 5.15 Å². The summed E-state index contributed by atoms with van der Waals surface area (Å²) < 4.78 is 0. The number of aryl methyl sites for hydroxylation is 1. The second kappa shape index (κ2) is 4.58. The van der Waals surface area contributed by atoms with Crippen LogP contribution in [0.4, 0.5) is 0 Å². The second-order valence-electron chi connectivity index (χ2n) is 5.41. The summed E-state index contributed by atoms with van der Waals surface area (Å²) in [6.07, 6.45) is 9.92. The smallest absolute Gasteiger partial charge is 0.129 e. The van der Waals surface area contributed by atoms with E-state index in [-0.39, 0.29) is 0 Å². The van der Waals surface area contributed by atoms with Crippen LogP contribution in [0, 0.1) is 0 Å². The molecule has 0 bridgehead atoms. The summed E-state index contributed by atoms with van der Waals surface area (Å²) in [4.78, 5) is 6.88. The van der Waals surface area contributed by atoms with Crippen molar-refractivity contribution in [3.8, 4) is 0 Å². The molecule has 0 amide bonds. The van der Waals surface area contributed by atoms with Crippen LogP contribution in [-0.2, 0) is 6.42 Å². The Morgan fingerprint density at radius 1 is 1.24 bits per heavy atom. The van der Waals surface area contributed by atoms with Gasteiger partial charge >= 0.3 is 0 Å². The topological polar surface area (TPSA) is 16.1 Å². The Hall–Kier alpha value is -0.600. The minimum atomic E-state index is 0.527. The molecule has 0 aromatic carbocycles. The maximum Gasteiger partial charge on any atom is 0.129 e. The third-order valence-electron chi connectivity index (χ3n) is 4.48. The fraction of sp³-hybridized carbons (Fsp3) is 0.643. The Balaban J connectivity index is 1.65. The summed E-state index contributed by atoms with van der Waals surface area (Å²) in [5.41, 5.74) is 1.85. The third kappa shape index (κ3) is 2.21. The van der Waals surface area contributed by atoms with E-state index < -0.39 is 0 Å². The van der Waals surface area contributed by atoms with E-state index in [2.05, 4.69) is 16.0 Å². The molecule has 0 saturated carbocycles. The highest BCUT2D eigenvalue weighted by Gasteiger charge is 2.43. The highest BCUT2D eigenvalue weighted by atomic mass is 35.5. The first-order valence-electron chi connectivity index (χ1n) is 6.64. The summed E-state index contributed by atoms with van der Waals surface area (Å²) in [6, 6.07) is 4.01. The summed E-state index contributed by atoms with van der Waals surface area (Å²) in [7, 11) is 0. The third-order valence-corrected chi connectivity index (χ3v) is 4.70. The molecule has 0 unspecified atom stereocenters. The maximum atomic E-state index is 5.81. The molecule has 2 fully saturated rings. The molecule has 2 nitrogen and oxygen atoms in total. The molecule has 2 aliphatic heterocycles. The van der Waals surface area contributed by atoms with Crippen molar-refractivity contribution in [3.63, 3.8) is 0 Å². The van der Waals surface area contributed by atoms with Gasteiger partial charge in [-0.15, -0.1) is 0 Å². The predicted molar refractivity (Wildman–Crippen MR) is 70.3 cm³/mol. The first kappa shape index (κ1) is 11.5. The maximum absolute atomic E-state index is 5.81. The molecule has 0 atom stereocenters. The zero-order chi connectivity index (χ0) is 11.7. The zero-order valence-electron chi connectivity index (χ0n) is 10.2. The van der Waals surface area contributed by atoms with Crippen molar-refractivity contribution in [2.24, 2.45) is 0 Å². The van der Waals surface area contributed by atoms with Gasteiger partial charge < -0.3 is 0 Å². The molecule has 17 heavy (non-hydrogen) atoms. The molecule has 0 N–H and O–H groups in total. The minimum Gasteiger partial charge on any atom is -0.298 e. The van der Waals surface area contributed by atoms with Crippen LogP contribution in [-0.4, -0.2) is 28.5 Å². The van der Waals surface area contributed by atoms with Crippen LogP contribution < -0.4 is 0 Å². The summed E-state index contributed by atoms with van der Waals surface area (Å²) in [5, 5.41) is 0.593. The van der Waals surface area contributed by atoms with Gasteiger partial charge in [0.2, 0.25) is 0 Å². The van der Waals surface area contributed by atoms with E-state index in [1.165, 1.54) is 50.8 Å². The predicted octanol–water partition coefficient (Wildman–Crippen LogP) is 3.30.